The largest absolute Gasteiger partial charge is 0.248 e. The Morgan fingerprint density at radius 1 is 1.29 bits per heavy atom. The van der Waals surface area contributed by atoms with Gasteiger partial charge in [0.15, 0.2) is 0 Å². The Morgan fingerprint density at radius 3 is 1.71 bits per heavy atom. The fourth-order valence-corrected chi connectivity index (χ4v) is 0.246. The summed E-state index contributed by atoms with van der Waals surface area (Å²) in [5.41, 5.74) is 0. The van der Waals surface area contributed by atoms with Crippen molar-refractivity contribution in [2.24, 2.45) is 0 Å². The second-order valence-corrected chi connectivity index (χ2v) is 1.41. The zero-order chi connectivity index (χ0) is 5.86. The van der Waals surface area contributed by atoms with Crippen LogP contribution in [0.3, 0.4) is 0 Å². The molecule has 0 saturated carbocycles. The molecule has 0 N–H and O–H groups in total. The van der Waals surface area contributed by atoms with E-state index in [1.807, 2.05) is 0 Å². The van der Waals surface area contributed by atoms with Crippen molar-refractivity contribution in [1.29, 1.82) is 0 Å². The Morgan fingerprint density at radius 2 is 1.71 bits per heavy atom. The van der Waals surface area contributed by atoms with Crippen molar-refractivity contribution in [3.8, 4) is 0 Å². The van der Waals surface area contributed by atoms with Crippen molar-refractivity contribution >= 4 is 0 Å². The lowest BCUT2D eigenvalue weighted by Crippen LogP contribution is -1.99. The van der Waals surface area contributed by atoms with Crippen molar-refractivity contribution in [2.45, 2.75) is 25.9 Å². The van der Waals surface area contributed by atoms with E-state index in [1.165, 1.54) is 0 Å². The molecule has 1 atom stereocenters. The summed E-state index contributed by atoms with van der Waals surface area (Å²) >= 11 is 0. The summed E-state index contributed by atoms with van der Waals surface area (Å²) in [6.07, 6.45) is -4.51. The number of hydrogen-bond acceptors (Lipinski definition) is 0. The standard InChI is InChI=1S/C4H7F3/c1-3(5)2-4(6)7/h3-4H,2H2,1H3. The molecule has 0 aliphatic rings. The molecular formula is C4H7F3. The average molecular weight is 112 g/mol. The monoisotopic (exact) mass is 112 g/mol. The van der Waals surface area contributed by atoms with E-state index >= 15 is 0 Å². The van der Waals surface area contributed by atoms with Crippen LogP contribution in [0.25, 0.3) is 0 Å². The van der Waals surface area contributed by atoms with Crippen molar-refractivity contribution in [2.75, 3.05) is 0 Å². The molecule has 0 radical (unpaired) electrons. The highest BCUT2D eigenvalue weighted by Crippen LogP contribution is 2.04. The molecule has 0 bridgehead atoms. The summed E-state index contributed by atoms with van der Waals surface area (Å²) in [7, 11) is 0. The van der Waals surface area contributed by atoms with E-state index in [1.54, 1.807) is 0 Å². The van der Waals surface area contributed by atoms with E-state index in [0.29, 0.717) is 0 Å². The summed E-state index contributed by atoms with van der Waals surface area (Å²) < 4.78 is 33.6. The van der Waals surface area contributed by atoms with Gasteiger partial charge in [-0.1, -0.05) is 0 Å². The summed E-state index contributed by atoms with van der Waals surface area (Å²) in [5, 5.41) is 0. The van der Waals surface area contributed by atoms with Gasteiger partial charge in [-0.3, -0.25) is 0 Å². The van der Waals surface area contributed by atoms with Crippen LogP contribution < -0.4 is 0 Å². The zero-order valence-electron chi connectivity index (χ0n) is 4.00. The van der Waals surface area contributed by atoms with Crippen LogP contribution in [0.15, 0.2) is 0 Å². The highest BCUT2D eigenvalue weighted by Gasteiger charge is 2.06. The van der Waals surface area contributed by atoms with Crippen LogP contribution in [0.2, 0.25) is 0 Å². The van der Waals surface area contributed by atoms with Gasteiger partial charge in [0.2, 0.25) is 6.43 Å². The van der Waals surface area contributed by atoms with E-state index in [2.05, 4.69) is 0 Å². The van der Waals surface area contributed by atoms with Crippen molar-refractivity contribution < 1.29 is 13.2 Å². The molecule has 0 aromatic rings. The lowest BCUT2D eigenvalue weighted by molar-refractivity contribution is 0.106. The van der Waals surface area contributed by atoms with E-state index in [-0.39, 0.29) is 0 Å². The van der Waals surface area contributed by atoms with E-state index in [9.17, 15) is 13.2 Å². The Hall–Kier alpha value is -0.210. The Bertz CT molecular complexity index is 36.2. The molecule has 0 nitrogen and oxygen atoms in total. The molecule has 0 aliphatic heterocycles. The zero-order valence-corrected chi connectivity index (χ0v) is 4.00. The molecule has 0 fully saturated rings. The highest BCUT2D eigenvalue weighted by atomic mass is 19.3. The maximum absolute atomic E-state index is 11.5. The minimum absolute atomic E-state index is 0.639. The topological polar surface area (TPSA) is 0 Å². The maximum atomic E-state index is 11.5. The Kier molecular flexibility index (Phi) is 2.79. The molecule has 3 heteroatoms. The molecule has 0 saturated heterocycles. The smallest absolute Gasteiger partial charge is 0.241 e. The van der Waals surface area contributed by atoms with Gasteiger partial charge < -0.3 is 0 Å². The molecule has 1 unspecified atom stereocenters. The first-order valence-corrected chi connectivity index (χ1v) is 2.05. The summed E-state index contributed by atoms with van der Waals surface area (Å²) in [6, 6.07) is 0. The first kappa shape index (κ1) is 6.79. The van der Waals surface area contributed by atoms with Gasteiger partial charge in [0, 0.05) is 6.42 Å². The fourth-order valence-electron chi connectivity index (χ4n) is 0.246. The Balaban J connectivity index is 2.95. The number of alkyl halides is 3. The molecule has 7 heavy (non-hydrogen) atoms. The first-order valence-electron chi connectivity index (χ1n) is 2.05. The van der Waals surface area contributed by atoms with Crippen LogP contribution in [0, 0.1) is 0 Å². The molecule has 0 rings (SSSR count). The molecular weight excluding hydrogens is 105 g/mol. The molecule has 44 valence electrons. The van der Waals surface area contributed by atoms with E-state index < -0.39 is 19.0 Å². The third-order valence-corrected chi connectivity index (χ3v) is 0.503. The van der Waals surface area contributed by atoms with E-state index in [4.69, 9.17) is 0 Å². The highest BCUT2D eigenvalue weighted by molar-refractivity contribution is 4.47. The molecule has 0 aliphatic carbocycles. The lowest BCUT2D eigenvalue weighted by Gasteiger charge is -1.96. The van der Waals surface area contributed by atoms with Crippen LogP contribution in [0.4, 0.5) is 13.2 Å². The number of hydrogen-bond donors (Lipinski definition) is 0. The summed E-state index contributed by atoms with van der Waals surface area (Å²) in [4.78, 5) is 0. The Labute approximate surface area is 40.3 Å². The predicted molar refractivity (Wildman–Crippen MR) is 21.2 cm³/mol. The number of rotatable bonds is 2. The van der Waals surface area contributed by atoms with E-state index in [0.717, 1.165) is 6.92 Å². The average Bonchev–Trinajstić information content (AvgIpc) is 1.27. The third kappa shape index (κ3) is 5.79. The summed E-state index contributed by atoms with van der Waals surface area (Å²) in [6.45, 7) is 1.12. The van der Waals surface area contributed by atoms with Gasteiger partial charge >= 0.3 is 0 Å². The van der Waals surface area contributed by atoms with Crippen LogP contribution in [-0.2, 0) is 0 Å². The normalized spacial score (nSPS) is 15.0. The van der Waals surface area contributed by atoms with Crippen LogP contribution in [0.1, 0.15) is 13.3 Å². The molecule has 0 aromatic carbocycles. The molecule has 0 heterocycles. The minimum atomic E-state index is -2.50. The van der Waals surface area contributed by atoms with Gasteiger partial charge in [-0.15, -0.1) is 0 Å². The summed E-state index contributed by atoms with van der Waals surface area (Å²) in [5.74, 6) is 0. The van der Waals surface area contributed by atoms with Crippen LogP contribution in [0.5, 0.6) is 0 Å². The van der Waals surface area contributed by atoms with Gasteiger partial charge in [-0.2, -0.15) is 0 Å². The lowest BCUT2D eigenvalue weighted by atomic mass is 10.3. The minimum Gasteiger partial charge on any atom is -0.248 e. The van der Waals surface area contributed by atoms with Gasteiger partial charge in [0.25, 0.3) is 0 Å². The second kappa shape index (κ2) is 2.88. The quantitative estimate of drug-likeness (QED) is 0.512. The van der Waals surface area contributed by atoms with Gasteiger partial charge in [0.1, 0.15) is 6.17 Å². The SMILES string of the molecule is CC(F)CC(F)F. The molecule has 0 aromatic heterocycles. The van der Waals surface area contributed by atoms with Crippen molar-refractivity contribution in [1.82, 2.24) is 0 Å². The second-order valence-electron chi connectivity index (χ2n) is 1.41. The third-order valence-electron chi connectivity index (χ3n) is 0.503. The number of halogens is 3. The van der Waals surface area contributed by atoms with Crippen LogP contribution in [-0.4, -0.2) is 12.6 Å². The van der Waals surface area contributed by atoms with Gasteiger partial charge in [-0.25, -0.2) is 13.2 Å². The van der Waals surface area contributed by atoms with Crippen molar-refractivity contribution in [3.05, 3.63) is 0 Å². The fraction of sp³-hybridized carbons (Fsp3) is 1.00. The van der Waals surface area contributed by atoms with Crippen LogP contribution >= 0.6 is 0 Å². The van der Waals surface area contributed by atoms with Gasteiger partial charge in [-0.05, 0) is 6.92 Å². The predicted octanol–water partition coefficient (Wildman–Crippen LogP) is 2.00. The van der Waals surface area contributed by atoms with Crippen molar-refractivity contribution in [3.63, 3.8) is 0 Å². The van der Waals surface area contributed by atoms with Gasteiger partial charge in [0.05, 0.1) is 0 Å². The maximum Gasteiger partial charge on any atom is 0.241 e. The molecule has 0 amide bonds. The molecule has 0 spiro atoms. The first-order chi connectivity index (χ1) is 3.13.